The molecule has 29 heavy (non-hydrogen) atoms. The Morgan fingerprint density at radius 3 is 2.10 bits per heavy atom. The third-order valence-electron chi connectivity index (χ3n) is 3.94. The lowest BCUT2D eigenvalue weighted by molar-refractivity contribution is -0.137. The number of sulfonamides is 1. The molecule has 0 radical (unpaired) electrons. The first kappa shape index (κ1) is 22.7. The Morgan fingerprint density at radius 2 is 1.62 bits per heavy atom. The first-order valence-corrected chi connectivity index (χ1v) is 10.2. The van der Waals surface area contributed by atoms with Gasteiger partial charge in [-0.15, -0.1) is 0 Å². The normalized spacial score (nSPS) is 12.1. The van der Waals surface area contributed by atoms with Crippen LogP contribution in [-0.4, -0.2) is 38.3 Å². The highest BCUT2D eigenvalue weighted by Crippen LogP contribution is 2.29. The van der Waals surface area contributed by atoms with Gasteiger partial charge >= 0.3 is 6.18 Å². The van der Waals surface area contributed by atoms with E-state index in [1.165, 1.54) is 24.3 Å². The van der Waals surface area contributed by atoms with Gasteiger partial charge in [-0.2, -0.15) is 17.5 Å². The summed E-state index contributed by atoms with van der Waals surface area (Å²) in [4.78, 5) is 12.2. The molecule has 2 aromatic carbocycles. The molecule has 0 fully saturated rings. The third-order valence-corrected chi connectivity index (χ3v) is 5.88. The molecule has 6 nitrogen and oxygen atoms in total. The number of alkyl halides is 3. The number of ether oxygens (including phenoxy) is 1. The average Bonchev–Trinajstić information content (AvgIpc) is 2.66. The number of carbonyl (C=O) groups is 1. The molecule has 2 aromatic rings. The topological polar surface area (TPSA) is 75.7 Å². The van der Waals surface area contributed by atoms with Gasteiger partial charge in [0.1, 0.15) is 5.75 Å². The number of nitrogens with one attached hydrogen (secondary N) is 1. The van der Waals surface area contributed by atoms with Crippen LogP contribution in [0.25, 0.3) is 0 Å². The maximum absolute atomic E-state index is 12.8. The van der Waals surface area contributed by atoms with Crippen molar-refractivity contribution in [1.82, 2.24) is 4.31 Å². The minimum atomic E-state index is -4.48. The lowest BCUT2D eigenvalue weighted by atomic mass is 10.2. The Kier molecular flexibility index (Phi) is 7.26. The van der Waals surface area contributed by atoms with Gasteiger partial charge in [0, 0.05) is 12.2 Å². The van der Waals surface area contributed by atoms with E-state index in [9.17, 15) is 26.4 Å². The van der Waals surface area contributed by atoms with E-state index < -0.39 is 34.2 Å². The molecule has 0 aromatic heterocycles. The predicted molar refractivity (Wildman–Crippen MR) is 102 cm³/mol. The highest BCUT2D eigenvalue weighted by atomic mass is 32.2. The quantitative estimate of drug-likeness (QED) is 0.692. The molecule has 0 heterocycles. The van der Waals surface area contributed by atoms with Gasteiger partial charge in [-0.3, -0.25) is 4.79 Å². The van der Waals surface area contributed by atoms with Gasteiger partial charge in [0.05, 0.1) is 23.6 Å². The Bertz CT molecular complexity index is 927. The van der Waals surface area contributed by atoms with Crippen molar-refractivity contribution < 1.29 is 31.1 Å². The van der Waals surface area contributed by atoms with E-state index in [-0.39, 0.29) is 17.1 Å². The number of likely N-dealkylation sites (N-methyl/N-ethyl adjacent to an activating group) is 1. The summed E-state index contributed by atoms with van der Waals surface area (Å²) in [7, 11) is -3.93. The molecule has 0 spiro atoms. The first-order chi connectivity index (χ1) is 13.6. The standard InChI is InChI=1S/C19H21F3N2O4S/c1-3-24(29(26,27)17-11-9-16(10-12-17)28-4-2)13-18(25)23-15-7-5-14(6-8-15)19(20,21)22/h5-12H,3-4,13H2,1-2H3,(H,23,25). The van der Waals surface area contributed by atoms with Crippen molar-refractivity contribution in [2.45, 2.75) is 24.9 Å². The van der Waals surface area contributed by atoms with E-state index in [1.54, 1.807) is 13.8 Å². The maximum atomic E-state index is 12.8. The molecule has 2 rings (SSSR count). The molecule has 10 heteroatoms. The molecule has 0 saturated heterocycles. The highest BCUT2D eigenvalue weighted by Gasteiger charge is 2.30. The predicted octanol–water partition coefficient (Wildman–Crippen LogP) is 3.75. The maximum Gasteiger partial charge on any atom is 0.416 e. The van der Waals surface area contributed by atoms with Crippen LogP contribution in [0, 0.1) is 0 Å². The third kappa shape index (κ3) is 5.94. The van der Waals surface area contributed by atoms with Crippen LogP contribution in [0.4, 0.5) is 18.9 Å². The number of rotatable bonds is 8. The zero-order chi connectivity index (χ0) is 21.7. The number of anilines is 1. The van der Waals surface area contributed by atoms with Gasteiger partial charge in [0.15, 0.2) is 0 Å². The van der Waals surface area contributed by atoms with E-state index in [1.807, 2.05) is 0 Å². The summed E-state index contributed by atoms with van der Waals surface area (Å²) in [6, 6.07) is 9.70. The van der Waals surface area contributed by atoms with E-state index in [0.717, 1.165) is 28.6 Å². The highest BCUT2D eigenvalue weighted by molar-refractivity contribution is 7.89. The number of carbonyl (C=O) groups excluding carboxylic acids is 1. The van der Waals surface area contributed by atoms with Gasteiger partial charge in [-0.05, 0) is 55.5 Å². The van der Waals surface area contributed by atoms with Crippen molar-refractivity contribution in [3.05, 3.63) is 54.1 Å². The zero-order valence-corrected chi connectivity index (χ0v) is 16.7. The summed E-state index contributed by atoms with van der Waals surface area (Å²) < 4.78 is 69.5. The van der Waals surface area contributed by atoms with Gasteiger partial charge in [0.25, 0.3) is 0 Å². The number of halogens is 3. The van der Waals surface area contributed by atoms with Crippen LogP contribution in [0.15, 0.2) is 53.4 Å². The molecular weight excluding hydrogens is 409 g/mol. The lowest BCUT2D eigenvalue weighted by Gasteiger charge is -2.20. The Balaban J connectivity index is 2.08. The molecule has 0 bridgehead atoms. The molecule has 0 saturated carbocycles. The van der Waals surface area contributed by atoms with Crippen molar-refractivity contribution in [1.29, 1.82) is 0 Å². The molecule has 1 amide bonds. The smallest absolute Gasteiger partial charge is 0.416 e. The van der Waals surface area contributed by atoms with Gasteiger partial charge in [-0.1, -0.05) is 6.92 Å². The minimum absolute atomic E-state index is 0.00475. The van der Waals surface area contributed by atoms with Crippen molar-refractivity contribution in [2.24, 2.45) is 0 Å². The number of nitrogens with zero attached hydrogens (tertiary/aromatic N) is 1. The molecule has 0 aliphatic carbocycles. The number of benzene rings is 2. The van der Waals surface area contributed by atoms with E-state index in [4.69, 9.17) is 4.74 Å². The number of hydrogen-bond acceptors (Lipinski definition) is 4. The second-order valence-electron chi connectivity index (χ2n) is 5.96. The van der Waals surface area contributed by atoms with Crippen LogP contribution >= 0.6 is 0 Å². The molecule has 1 N–H and O–H groups in total. The molecule has 0 atom stereocenters. The summed E-state index contributed by atoms with van der Waals surface area (Å²) in [5.74, 6) is -0.143. The van der Waals surface area contributed by atoms with E-state index >= 15 is 0 Å². The van der Waals surface area contributed by atoms with Gasteiger partial charge < -0.3 is 10.1 Å². The molecular formula is C19H21F3N2O4S. The second-order valence-corrected chi connectivity index (χ2v) is 7.90. The first-order valence-electron chi connectivity index (χ1n) is 8.78. The Morgan fingerprint density at radius 1 is 1.03 bits per heavy atom. The van der Waals surface area contributed by atoms with Crippen molar-refractivity contribution in [2.75, 3.05) is 25.0 Å². The van der Waals surface area contributed by atoms with Crippen LogP contribution in [-0.2, 0) is 21.0 Å². The summed E-state index contributed by atoms with van der Waals surface area (Å²) in [6.45, 7) is 3.39. The van der Waals surface area contributed by atoms with Crippen LogP contribution < -0.4 is 10.1 Å². The molecule has 0 aliphatic rings. The van der Waals surface area contributed by atoms with Crippen molar-refractivity contribution in [3.8, 4) is 5.75 Å². The number of hydrogen-bond donors (Lipinski definition) is 1. The summed E-state index contributed by atoms with van der Waals surface area (Å²) in [5, 5.41) is 2.40. The largest absolute Gasteiger partial charge is 0.494 e. The average molecular weight is 430 g/mol. The molecule has 0 aliphatic heterocycles. The summed E-state index contributed by atoms with van der Waals surface area (Å²) in [6.07, 6.45) is -4.48. The Labute approximate surface area is 167 Å². The van der Waals surface area contributed by atoms with Gasteiger partial charge in [0.2, 0.25) is 15.9 Å². The van der Waals surface area contributed by atoms with Crippen molar-refractivity contribution >= 4 is 21.6 Å². The van der Waals surface area contributed by atoms with Crippen LogP contribution in [0.2, 0.25) is 0 Å². The Hall–Kier alpha value is -2.59. The second kappa shape index (κ2) is 9.27. The van der Waals surface area contributed by atoms with Crippen LogP contribution in [0.3, 0.4) is 0 Å². The van der Waals surface area contributed by atoms with Gasteiger partial charge in [-0.25, -0.2) is 8.42 Å². The fourth-order valence-electron chi connectivity index (χ4n) is 2.49. The fraction of sp³-hybridized carbons (Fsp3) is 0.316. The van der Waals surface area contributed by atoms with Crippen molar-refractivity contribution in [3.63, 3.8) is 0 Å². The fourth-order valence-corrected chi connectivity index (χ4v) is 3.90. The van der Waals surface area contributed by atoms with Crippen LogP contribution in [0.5, 0.6) is 5.75 Å². The molecule has 0 unspecified atom stereocenters. The lowest BCUT2D eigenvalue weighted by Crippen LogP contribution is -2.37. The van der Waals surface area contributed by atoms with E-state index in [0.29, 0.717) is 12.4 Å². The summed E-state index contributed by atoms with van der Waals surface area (Å²) in [5.41, 5.74) is -0.707. The monoisotopic (exact) mass is 430 g/mol. The minimum Gasteiger partial charge on any atom is -0.494 e. The SMILES string of the molecule is CCOc1ccc(S(=O)(=O)N(CC)CC(=O)Nc2ccc(C(F)(F)F)cc2)cc1. The summed E-state index contributed by atoms with van der Waals surface area (Å²) >= 11 is 0. The number of amides is 1. The zero-order valence-electron chi connectivity index (χ0n) is 15.9. The van der Waals surface area contributed by atoms with Crippen LogP contribution in [0.1, 0.15) is 19.4 Å². The molecule has 158 valence electrons. The van der Waals surface area contributed by atoms with E-state index in [2.05, 4.69) is 5.32 Å².